The van der Waals surface area contributed by atoms with E-state index < -0.39 is 0 Å². The van der Waals surface area contributed by atoms with Gasteiger partial charge in [-0.1, -0.05) is 23.7 Å². The number of nitrogens with one attached hydrogen (secondary N) is 1. The fraction of sp³-hybridized carbons (Fsp3) is 0.625. The molecule has 1 unspecified atom stereocenters. The molecule has 1 aromatic carbocycles. The second-order valence-electron chi connectivity index (χ2n) is 5.69. The first-order chi connectivity index (χ1) is 10.1. The number of benzene rings is 1. The molecule has 1 aliphatic rings. The lowest BCUT2D eigenvalue weighted by Crippen LogP contribution is -2.50. The lowest BCUT2D eigenvalue weighted by Gasteiger charge is -2.40. The van der Waals surface area contributed by atoms with Crippen molar-refractivity contribution in [3.05, 3.63) is 28.8 Å². The summed E-state index contributed by atoms with van der Waals surface area (Å²) in [6.45, 7) is 7.77. The number of nitrogens with zero attached hydrogens (tertiary/aromatic N) is 2. The monoisotopic (exact) mass is 311 g/mol. The van der Waals surface area contributed by atoms with Crippen LogP contribution in [-0.4, -0.2) is 57.9 Å². The Morgan fingerprint density at radius 1 is 1.38 bits per heavy atom. The summed E-state index contributed by atoms with van der Waals surface area (Å²) in [6, 6.07) is 6.71. The molecule has 1 aliphatic heterocycles. The molecule has 0 amide bonds. The zero-order valence-electron chi connectivity index (χ0n) is 13.2. The van der Waals surface area contributed by atoms with Crippen LogP contribution < -0.4 is 10.2 Å². The summed E-state index contributed by atoms with van der Waals surface area (Å²) in [6.07, 6.45) is 0. The fourth-order valence-electron chi connectivity index (χ4n) is 2.71. The maximum absolute atomic E-state index is 6.48. The first kappa shape index (κ1) is 16.6. The van der Waals surface area contributed by atoms with Crippen LogP contribution in [0.5, 0.6) is 0 Å². The molecule has 118 valence electrons. The van der Waals surface area contributed by atoms with E-state index in [9.17, 15) is 0 Å². The van der Waals surface area contributed by atoms with Gasteiger partial charge in [0, 0.05) is 45.9 Å². The molecule has 1 saturated heterocycles. The molecule has 21 heavy (non-hydrogen) atoms. The molecule has 1 heterocycles. The molecular weight excluding hydrogens is 286 g/mol. The predicted molar refractivity (Wildman–Crippen MR) is 89.3 cm³/mol. The van der Waals surface area contributed by atoms with E-state index in [1.165, 1.54) is 11.3 Å². The zero-order chi connectivity index (χ0) is 15.2. The van der Waals surface area contributed by atoms with Gasteiger partial charge in [0.25, 0.3) is 0 Å². The normalized spacial score (nSPS) is 20.0. The number of halogens is 1. The van der Waals surface area contributed by atoms with E-state index in [-0.39, 0.29) is 0 Å². The Hall–Kier alpha value is -0.810. The molecule has 0 aliphatic carbocycles. The van der Waals surface area contributed by atoms with Crippen LogP contribution in [0, 0.1) is 0 Å². The molecule has 4 nitrogen and oxygen atoms in total. The van der Waals surface area contributed by atoms with E-state index >= 15 is 0 Å². The molecule has 1 aromatic rings. The Kier molecular flexibility index (Phi) is 6.30. The summed E-state index contributed by atoms with van der Waals surface area (Å²) in [5.74, 6) is 0. The maximum Gasteiger partial charge on any atom is 0.0642 e. The van der Waals surface area contributed by atoms with Gasteiger partial charge in [-0.3, -0.25) is 0 Å². The molecule has 0 bridgehead atoms. The second-order valence-corrected chi connectivity index (χ2v) is 6.10. The lowest BCUT2D eigenvalue weighted by molar-refractivity contribution is 0.199. The zero-order valence-corrected chi connectivity index (χ0v) is 14.0. The maximum atomic E-state index is 6.48. The van der Waals surface area contributed by atoms with Gasteiger partial charge in [-0.25, -0.2) is 0 Å². The molecule has 2 rings (SSSR count). The third kappa shape index (κ3) is 4.33. The largest absolute Gasteiger partial charge is 0.383 e. The highest BCUT2D eigenvalue weighted by atomic mass is 35.5. The van der Waals surface area contributed by atoms with Crippen molar-refractivity contribution in [1.29, 1.82) is 0 Å². The van der Waals surface area contributed by atoms with Crippen LogP contribution in [0.15, 0.2) is 18.2 Å². The predicted octanol–water partition coefficient (Wildman–Crippen LogP) is 2.22. The molecule has 0 radical (unpaired) electrons. The Morgan fingerprint density at radius 3 is 2.90 bits per heavy atom. The highest BCUT2D eigenvalue weighted by molar-refractivity contribution is 6.33. The fourth-order valence-corrected chi connectivity index (χ4v) is 3.02. The Bertz CT molecular complexity index is 455. The minimum Gasteiger partial charge on any atom is -0.383 e. The molecule has 1 atom stereocenters. The van der Waals surface area contributed by atoms with Crippen molar-refractivity contribution in [2.75, 3.05) is 51.8 Å². The van der Waals surface area contributed by atoms with Gasteiger partial charge < -0.3 is 19.9 Å². The number of piperazine rings is 1. The number of ether oxygens (including phenoxy) is 1. The van der Waals surface area contributed by atoms with Gasteiger partial charge in [0.05, 0.1) is 17.3 Å². The van der Waals surface area contributed by atoms with Gasteiger partial charge in [-0.2, -0.15) is 0 Å². The third-order valence-electron chi connectivity index (χ3n) is 4.14. The number of hydrogen-bond acceptors (Lipinski definition) is 4. The molecule has 1 N–H and O–H groups in total. The average molecular weight is 312 g/mol. The molecule has 1 fully saturated rings. The molecule has 0 saturated carbocycles. The summed E-state index contributed by atoms with van der Waals surface area (Å²) in [5, 5.41) is 4.25. The van der Waals surface area contributed by atoms with E-state index in [1.807, 2.05) is 12.1 Å². The highest BCUT2D eigenvalue weighted by Crippen LogP contribution is 2.31. The summed E-state index contributed by atoms with van der Waals surface area (Å²) in [4.78, 5) is 4.81. The molecule has 5 heteroatoms. The van der Waals surface area contributed by atoms with Gasteiger partial charge in [0.1, 0.15) is 0 Å². The first-order valence-corrected chi connectivity index (χ1v) is 7.93. The van der Waals surface area contributed by atoms with Crippen molar-refractivity contribution >= 4 is 17.3 Å². The lowest BCUT2D eigenvalue weighted by atomic mass is 10.1. The number of methoxy groups -OCH3 is 1. The van der Waals surface area contributed by atoms with E-state index in [4.69, 9.17) is 16.3 Å². The van der Waals surface area contributed by atoms with Crippen LogP contribution in [0.4, 0.5) is 5.69 Å². The van der Waals surface area contributed by atoms with Gasteiger partial charge in [0.15, 0.2) is 0 Å². The number of likely N-dealkylation sites (N-methyl/N-ethyl adjacent to an activating group) is 1. The topological polar surface area (TPSA) is 27.7 Å². The third-order valence-corrected chi connectivity index (χ3v) is 4.45. The van der Waals surface area contributed by atoms with Gasteiger partial charge in [-0.05, 0) is 25.6 Å². The SMILES string of the molecule is COCCNCc1cccc(Cl)c1N1CCN(C)C(C)C1. The van der Waals surface area contributed by atoms with Crippen molar-refractivity contribution in [3.8, 4) is 0 Å². The second kappa shape index (κ2) is 7.99. The summed E-state index contributed by atoms with van der Waals surface area (Å²) < 4.78 is 5.07. The van der Waals surface area contributed by atoms with Crippen molar-refractivity contribution in [2.24, 2.45) is 0 Å². The van der Waals surface area contributed by atoms with Crippen molar-refractivity contribution in [3.63, 3.8) is 0 Å². The number of rotatable bonds is 6. The quantitative estimate of drug-likeness (QED) is 0.815. The van der Waals surface area contributed by atoms with Crippen molar-refractivity contribution in [1.82, 2.24) is 10.2 Å². The van der Waals surface area contributed by atoms with Gasteiger partial charge >= 0.3 is 0 Å². The number of anilines is 1. The van der Waals surface area contributed by atoms with Crippen LogP contribution in [-0.2, 0) is 11.3 Å². The first-order valence-electron chi connectivity index (χ1n) is 7.55. The van der Waals surface area contributed by atoms with E-state index in [2.05, 4.69) is 35.2 Å². The minimum absolute atomic E-state index is 0.546. The molecule has 0 aromatic heterocycles. The van der Waals surface area contributed by atoms with Crippen molar-refractivity contribution in [2.45, 2.75) is 19.5 Å². The Morgan fingerprint density at radius 2 is 2.19 bits per heavy atom. The number of para-hydroxylation sites is 1. The average Bonchev–Trinajstić information content (AvgIpc) is 2.47. The Labute approximate surface area is 133 Å². The van der Waals surface area contributed by atoms with Gasteiger partial charge in [-0.15, -0.1) is 0 Å². The van der Waals surface area contributed by atoms with Crippen LogP contribution >= 0.6 is 11.6 Å². The van der Waals surface area contributed by atoms with Crippen LogP contribution in [0.2, 0.25) is 5.02 Å². The van der Waals surface area contributed by atoms with E-state index in [0.29, 0.717) is 6.04 Å². The van der Waals surface area contributed by atoms with Gasteiger partial charge in [0.2, 0.25) is 0 Å². The smallest absolute Gasteiger partial charge is 0.0642 e. The van der Waals surface area contributed by atoms with Crippen LogP contribution in [0.25, 0.3) is 0 Å². The minimum atomic E-state index is 0.546. The highest BCUT2D eigenvalue weighted by Gasteiger charge is 2.23. The molecular formula is C16H26ClN3O. The summed E-state index contributed by atoms with van der Waals surface area (Å²) in [7, 11) is 3.90. The molecule has 0 spiro atoms. The number of hydrogen-bond donors (Lipinski definition) is 1. The standard InChI is InChI=1S/C16H26ClN3O/c1-13-12-20(9-8-19(13)2)16-14(5-4-6-15(16)17)11-18-7-10-21-3/h4-6,13,18H,7-12H2,1-3H3. The summed E-state index contributed by atoms with van der Waals surface area (Å²) in [5.41, 5.74) is 2.44. The van der Waals surface area contributed by atoms with E-state index in [1.54, 1.807) is 7.11 Å². The Balaban J connectivity index is 2.10. The van der Waals surface area contributed by atoms with Crippen LogP contribution in [0.1, 0.15) is 12.5 Å². The van der Waals surface area contributed by atoms with Crippen LogP contribution in [0.3, 0.4) is 0 Å². The van der Waals surface area contributed by atoms with Crippen molar-refractivity contribution < 1.29 is 4.74 Å². The summed E-state index contributed by atoms with van der Waals surface area (Å²) >= 11 is 6.48. The van der Waals surface area contributed by atoms with E-state index in [0.717, 1.165) is 44.4 Å².